The first-order valence-electron chi connectivity index (χ1n) is 5.73. The summed E-state index contributed by atoms with van der Waals surface area (Å²) in [6, 6.07) is 5.81. The van der Waals surface area contributed by atoms with E-state index in [1.165, 1.54) is 12.1 Å². The van der Waals surface area contributed by atoms with E-state index >= 15 is 0 Å². The van der Waals surface area contributed by atoms with Gasteiger partial charge >= 0.3 is 5.97 Å². The van der Waals surface area contributed by atoms with Crippen molar-refractivity contribution in [2.24, 2.45) is 0 Å². The second kappa shape index (κ2) is 6.16. The molecule has 0 aromatic heterocycles. The molecule has 1 amide bonds. The van der Waals surface area contributed by atoms with Gasteiger partial charge in [-0.1, -0.05) is 12.1 Å². The average Bonchev–Trinajstić information content (AvgIpc) is 2.27. The van der Waals surface area contributed by atoms with Crippen LogP contribution in [0, 0.1) is 0 Å². The van der Waals surface area contributed by atoms with Gasteiger partial charge in [0.1, 0.15) is 0 Å². The molecule has 0 bridgehead atoms. The Balaban J connectivity index is 2.81. The minimum atomic E-state index is -1.14. The number of hydrogen-bond acceptors (Lipinski definition) is 3. The van der Waals surface area contributed by atoms with E-state index in [-0.39, 0.29) is 17.2 Å². The van der Waals surface area contributed by atoms with Crippen LogP contribution in [0.1, 0.15) is 41.0 Å². The summed E-state index contributed by atoms with van der Waals surface area (Å²) in [6.45, 7) is 3.39. The van der Waals surface area contributed by atoms with Crippen molar-refractivity contribution >= 4 is 11.9 Å². The average molecular weight is 251 g/mol. The molecule has 0 saturated carbocycles. The molecular formula is C13H17NO4. The van der Waals surface area contributed by atoms with Crippen molar-refractivity contribution in [3.63, 3.8) is 0 Å². The molecule has 1 aromatic rings. The Bertz CT molecular complexity index is 442. The molecule has 98 valence electrons. The van der Waals surface area contributed by atoms with Gasteiger partial charge in [-0.2, -0.15) is 0 Å². The van der Waals surface area contributed by atoms with Crippen LogP contribution in [0.15, 0.2) is 24.3 Å². The topological polar surface area (TPSA) is 86.6 Å². The van der Waals surface area contributed by atoms with Crippen LogP contribution in [0.4, 0.5) is 0 Å². The monoisotopic (exact) mass is 251 g/mol. The predicted octanol–water partition coefficient (Wildman–Crippen LogP) is 1.27. The third-order valence-corrected chi connectivity index (χ3v) is 2.47. The molecule has 0 fully saturated rings. The standard InChI is InChI=1S/C13H17NO4/c1-8(7-9(2)15)14-12(16)10-5-3-4-6-11(10)13(17)18/h3-6,8-9,15H,7H2,1-2H3,(H,14,16)(H,17,18). The lowest BCUT2D eigenvalue weighted by molar-refractivity contribution is 0.0690. The van der Waals surface area contributed by atoms with Crippen LogP contribution in [-0.4, -0.2) is 34.2 Å². The molecule has 2 unspecified atom stereocenters. The molecule has 1 aromatic carbocycles. The lowest BCUT2D eigenvalue weighted by atomic mass is 10.1. The number of carbonyl (C=O) groups excluding carboxylic acids is 1. The van der Waals surface area contributed by atoms with E-state index in [4.69, 9.17) is 5.11 Å². The van der Waals surface area contributed by atoms with Gasteiger partial charge in [0.25, 0.3) is 5.91 Å². The van der Waals surface area contributed by atoms with Gasteiger partial charge in [-0.3, -0.25) is 4.79 Å². The number of benzene rings is 1. The number of aliphatic hydroxyl groups is 1. The number of hydrogen-bond donors (Lipinski definition) is 3. The summed E-state index contributed by atoms with van der Waals surface area (Å²) in [6.07, 6.45) is -0.101. The Morgan fingerprint density at radius 1 is 1.22 bits per heavy atom. The highest BCUT2D eigenvalue weighted by Gasteiger charge is 2.17. The highest BCUT2D eigenvalue weighted by atomic mass is 16.4. The highest BCUT2D eigenvalue weighted by Crippen LogP contribution is 2.09. The van der Waals surface area contributed by atoms with Crippen molar-refractivity contribution in [1.29, 1.82) is 0 Å². The summed E-state index contributed by atoms with van der Waals surface area (Å²) in [5.74, 6) is -1.58. The molecule has 0 aliphatic heterocycles. The van der Waals surface area contributed by atoms with E-state index in [0.717, 1.165) is 0 Å². The number of carbonyl (C=O) groups is 2. The summed E-state index contributed by atoms with van der Waals surface area (Å²) >= 11 is 0. The number of amides is 1. The van der Waals surface area contributed by atoms with E-state index in [1.807, 2.05) is 0 Å². The van der Waals surface area contributed by atoms with Gasteiger partial charge in [0.2, 0.25) is 0 Å². The molecule has 0 saturated heterocycles. The molecule has 0 spiro atoms. The van der Waals surface area contributed by atoms with E-state index < -0.39 is 18.0 Å². The summed E-state index contributed by atoms with van der Waals surface area (Å²) in [4.78, 5) is 22.9. The Hall–Kier alpha value is -1.88. The van der Waals surface area contributed by atoms with E-state index in [9.17, 15) is 14.7 Å². The highest BCUT2D eigenvalue weighted by molar-refractivity contribution is 6.04. The van der Waals surface area contributed by atoms with Gasteiger partial charge in [-0.05, 0) is 32.4 Å². The minimum absolute atomic E-state index is 0.0285. The van der Waals surface area contributed by atoms with Crippen molar-refractivity contribution in [3.05, 3.63) is 35.4 Å². The Morgan fingerprint density at radius 2 is 1.78 bits per heavy atom. The third kappa shape index (κ3) is 3.85. The van der Waals surface area contributed by atoms with Crippen molar-refractivity contribution in [2.75, 3.05) is 0 Å². The molecule has 0 heterocycles. The largest absolute Gasteiger partial charge is 0.478 e. The van der Waals surface area contributed by atoms with Crippen molar-refractivity contribution in [2.45, 2.75) is 32.4 Å². The first-order chi connectivity index (χ1) is 8.41. The van der Waals surface area contributed by atoms with E-state index in [2.05, 4.69) is 5.32 Å². The number of carboxylic acids is 1. The maximum absolute atomic E-state index is 11.9. The molecule has 5 heteroatoms. The van der Waals surface area contributed by atoms with Crippen LogP contribution >= 0.6 is 0 Å². The van der Waals surface area contributed by atoms with Crippen LogP contribution in [0.25, 0.3) is 0 Å². The zero-order valence-electron chi connectivity index (χ0n) is 10.4. The normalized spacial score (nSPS) is 13.7. The summed E-state index contributed by atoms with van der Waals surface area (Å²) in [5.41, 5.74) is 0.0988. The quantitative estimate of drug-likeness (QED) is 0.735. The fraction of sp³-hybridized carbons (Fsp3) is 0.385. The van der Waals surface area contributed by atoms with Gasteiger partial charge in [0.15, 0.2) is 0 Å². The zero-order chi connectivity index (χ0) is 13.7. The smallest absolute Gasteiger partial charge is 0.336 e. The SMILES string of the molecule is CC(O)CC(C)NC(=O)c1ccccc1C(=O)O. The lowest BCUT2D eigenvalue weighted by Crippen LogP contribution is -2.35. The molecule has 0 aliphatic carbocycles. The Labute approximate surface area is 105 Å². The predicted molar refractivity (Wildman–Crippen MR) is 66.6 cm³/mol. The van der Waals surface area contributed by atoms with Crippen LogP contribution in [0.5, 0.6) is 0 Å². The molecule has 5 nitrogen and oxygen atoms in total. The van der Waals surface area contributed by atoms with Crippen molar-refractivity contribution < 1.29 is 19.8 Å². The number of aliphatic hydroxyl groups excluding tert-OH is 1. The van der Waals surface area contributed by atoms with Gasteiger partial charge in [0.05, 0.1) is 17.2 Å². The van der Waals surface area contributed by atoms with Crippen LogP contribution in [-0.2, 0) is 0 Å². The maximum Gasteiger partial charge on any atom is 0.336 e. The maximum atomic E-state index is 11.9. The number of carboxylic acid groups (broad SMARTS) is 1. The number of nitrogens with one attached hydrogen (secondary N) is 1. The van der Waals surface area contributed by atoms with Crippen LogP contribution in [0.3, 0.4) is 0 Å². The van der Waals surface area contributed by atoms with Crippen LogP contribution in [0.2, 0.25) is 0 Å². The van der Waals surface area contributed by atoms with E-state index in [0.29, 0.717) is 6.42 Å². The van der Waals surface area contributed by atoms with Crippen LogP contribution < -0.4 is 5.32 Å². The van der Waals surface area contributed by atoms with E-state index in [1.54, 1.807) is 26.0 Å². The van der Waals surface area contributed by atoms with Crippen molar-refractivity contribution in [3.8, 4) is 0 Å². The molecule has 2 atom stereocenters. The second-order valence-corrected chi connectivity index (χ2v) is 4.31. The first-order valence-corrected chi connectivity index (χ1v) is 5.73. The second-order valence-electron chi connectivity index (χ2n) is 4.31. The third-order valence-electron chi connectivity index (χ3n) is 2.47. The van der Waals surface area contributed by atoms with Gasteiger partial charge in [0, 0.05) is 6.04 Å². The Kier molecular flexibility index (Phi) is 4.85. The molecule has 0 aliphatic rings. The molecule has 0 radical (unpaired) electrons. The van der Waals surface area contributed by atoms with Gasteiger partial charge in [-0.15, -0.1) is 0 Å². The lowest BCUT2D eigenvalue weighted by Gasteiger charge is -2.16. The van der Waals surface area contributed by atoms with Crippen molar-refractivity contribution in [1.82, 2.24) is 5.32 Å². The summed E-state index contributed by atoms with van der Waals surface area (Å²) in [7, 11) is 0. The molecule has 3 N–H and O–H groups in total. The summed E-state index contributed by atoms with van der Waals surface area (Å²) < 4.78 is 0. The minimum Gasteiger partial charge on any atom is -0.478 e. The molecular weight excluding hydrogens is 234 g/mol. The molecule has 1 rings (SSSR count). The molecule has 18 heavy (non-hydrogen) atoms. The van der Waals surface area contributed by atoms with Gasteiger partial charge in [-0.25, -0.2) is 4.79 Å². The fourth-order valence-corrected chi connectivity index (χ4v) is 1.74. The summed E-state index contributed by atoms with van der Waals surface area (Å²) in [5, 5.41) is 20.8. The first kappa shape index (κ1) is 14.2. The zero-order valence-corrected chi connectivity index (χ0v) is 10.4. The number of rotatable bonds is 5. The van der Waals surface area contributed by atoms with Gasteiger partial charge < -0.3 is 15.5 Å². The Morgan fingerprint density at radius 3 is 2.28 bits per heavy atom. The fourth-order valence-electron chi connectivity index (χ4n) is 1.74. The number of aromatic carboxylic acids is 1.